The van der Waals surface area contributed by atoms with Gasteiger partial charge in [0, 0.05) is 6.61 Å². The Hall–Kier alpha value is -0.0800. The molecule has 2 nitrogen and oxygen atoms in total. The first-order valence-electron chi connectivity index (χ1n) is 7.57. The van der Waals surface area contributed by atoms with Gasteiger partial charge in [-0.2, -0.15) is 0 Å². The fraction of sp³-hybridized carbons (Fsp3) is 1.00. The van der Waals surface area contributed by atoms with Crippen LogP contribution >= 0.6 is 0 Å². The monoisotopic (exact) mass is 254 g/mol. The molecule has 2 N–H and O–H groups in total. The maximum absolute atomic E-state index is 10.7. The van der Waals surface area contributed by atoms with E-state index in [0.717, 1.165) is 19.3 Å². The summed E-state index contributed by atoms with van der Waals surface area (Å²) in [4.78, 5) is 0. The molecule has 2 aliphatic carbocycles. The predicted octanol–water partition coefficient (Wildman–Crippen LogP) is 3.36. The van der Waals surface area contributed by atoms with Crippen molar-refractivity contribution in [2.45, 2.75) is 71.8 Å². The van der Waals surface area contributed by atoms with Crippen molar-refractivity contribution in [3.8, 4) is 0 Å². The maximum atomic E-state index is 10.7. The molecule has 4 unspecified atom stereocenters. The zero-order chi connectivity index (χ0) is 13.6. The van der Waals surface area contributed by atoms with Crippen molar-refractivity contribution >= 4 is 0 Å². The Balaban J connectivity index is 2.35. The van der Waals surface area contributed by atoms with Crippen molar-refractivity contribution in [1.82, 2.24) is 0 Å². The van der Waals surface area contributed by atoms with Gasteiger partial charge in [-0.1, -0.05) is 27.2 Å². The zero-order valence-electron chi connectivity index (χ0n) is 12.5. The summed E-state index contributed by atoms with van der Waals surface area (Å²) in [6.45, 7) is 9.34. The first-order chi connectivity index (χ1) is 8.24. The van der Waals surface area contributed by atoms with Crippen molar-refractivity contribution < 1.29 is 10.2 Å². The van der Waals surface area contributed by atoms with E-state index in [0.29, 0.717) is 11.3 Å². The summed E-state index contributed by atoms with van der Waals surface area (Å²) in [5.74, 6) is 0.934. The Morgan fingerprint density at radius 2 is 1.72 bits per heavy atom. The van der Waals surface area contributed by atoms with Crippen LogP contribution in [-0.2, 0) is 0 Å². The number of aliphatic hydroxyl groups excluding tert-OH is 1. The lowest BCUT2D eigenvalue weighted by molar-refractivity contribution is -0.171. The number of aliphatic hydroxyl groups is 2. The molecule has 0 spiro atoms. The highest BCUT2D eigenvalue weighted by Gasteiger charge is 2.57. The van der Waals surface area contributed by atoms with Crippen LogP contribution in [0.15, 0.2) is 0 Å². The molecule has 2 aliphatic rings. The fourth-order valence-electron chi connectivity index (χ4n) is 5.39. The normalized spacial score (nSPS) is 47.7. The van der Waals surface area contributed by atoms with Crippen LogP contribution in [-0.4, -0.2) is 22.4 Å². The van der Waals surface area contributed by atoms with Crippen LogP contribution in [0, 0.1) is 22.7 Å². The van der Waals surface area contributed by atoms with Gasteiger partial charge < -0.3 is 10.2 Å². The van der Waals surface area contributed by atoms with Crippen LogP contribution in [0.2, 0.25) is 0 Å². The molecule has 0 aliphatic heterocycles. The summed E-state index contributed by atoms with van der Waals surface area (Å²) in [5.41, 5.74) is -0.00909. The minimum atomic E-state index is -0.596. The third kappa shape index (κ3) is 2.12. The van der Waals surface area contributed by atoms with Crippen molar-refractivity contribution in [1.29, 1.82) is 0 Å². The summed E-state index contributed by atoms with van der Waals surface area (Å²) in [5, 5.41) is 20.1. The van der Waals surface area contributed by atoms with Crippen LogP contribution in [0.5, 0.6) is 0 Å². The van der Waals surface area contributed by atoms with Gasteiger partial charge in [0.2, 0.25) is 0 Å². The fourth-order valence-corrected chi connectivity index (χ4v) is 5.39. The van der Waals surface area contributed by atoms with Gasteiger partial charge in [-0.15, -0.1) is 0 Å². The molecule has 0 aromatic rings. The van der Waals surface area contributed by atoms with Gasteiger partial charge in [0.05, 0.1) is 5.60 Å². The molecule has 106 valence electrons. The van der Waals surface area contributed by atoms with E-state index in [9.17, 15) is 10.2 Å². The van der Waals surface area contributed by atoms with Gasteiger partial charge in [0.15, 0.2) is 0 Å². The van der Waals surface area contributed by atoms with Crippen LogP contribution in [0.25, 0.3) is 0 Å². The second-order valence-corrected chi connectivity index (χ2v) is 7.86. The van der Waals surface area contributed by atoms with Gasteiger partial charge in [-0.25, -0.2) is 0 Å². The minimum Gasteiger partial charge on any atom is -0.396 e. The van der Waals surface area contributed by atoms with Gasteiger partial charge in [0.25, 0.3) is 0 Å². The third-order valence-corrected chi connectivity index (χ3v) is 6.18. The molecule has 2 fully saturated rings. The van der Waals surface area contributed by atoms with Crippen molar-refractivity contribution in [3.63, 3.8) is 0 Å². The van der Waals surface area contributed by atoms with E-state index in [2.05, 4.69) is 20.8 Å². The lowest BCUT2D eigenvalue weighted by Crippen LogP contribution is -2.57. The Morgan fingerprint density at radius 1 is 1.06 bits per heavy atom. The molecule has 2 saturated carbocycles. The summed E-state index contributed by atoms with van der Waals surface area (Å²) in [7, 11) is 0. The van der Waals surface area contributed by atoms with Crippen LogP contribution in [0.3, 0.4) is 0 Å². The van der Waals surface area contributed by atoms with E-state index in [4.69, 9.17) is 0 Å². The van der Waals surface area contributed by atoms with Gasteiger partial charge in [-0.3, -0.25) is 0 Å². The molecule has 0 amide bonds. The minimum absolute atomic E-state index is 0.198. The summed E-state index contributed by atoms with van der Waals surface area (Å²) < 4.78 is 0. The molecule has 2 heteroatoms. The summed E-state index contributed by atoms with van der Waals surface area (Å²) in [6, 6.07) is 0. The van der Waals surface area contributed by atoms with Crippen molar-refractivity contribution in [3.05, 3.63) is 0 Å². The van der Waals surface area contributed by atoms with E-state index in [-0.39, 0.29) is 17.9 Å². The Kier molecular flexibility index (Phi) is 3.57. The SMILES string of the molecule is CC1(C)CCCC2(C)C1CCC(C)(O)C2CCO. The summed E-state index contributed by atoms with van der Waals surface area (Å²) in [6.07, 6.45) is 6.55. The first-order valence-corrected chi connectivity index (χ1v) is 7.57. The van der Waals surface area contributed by atoms with E-state index in [1.165, 1.54) is 19.3 Å². The quantitative estimate of drug-likeness (QED) is 0.793. The number of rotatable bonds is 2. The molecule has 0 radical (unpaired) electrons. The number of fused-ring (bicyclic) bond motifs is 1. The average Bonchev–Trinajstić information content (AvgIpc) is 2.22. The Morgan fingerprint density at radius 3 is 2.33 bits per heavy atom. The topological polar surface area (TPSA) is 40.5 Å². The highest BCUT2D eigenvalue weighted by molar-refractivity contribution is 5.07. The molecular formula is C16H30O2. The largest absolute Gasteiger partial charge is 0.396 e. The van der Waals surface area contributed by atoms with E-state index < -0.39 is 5.60 Å². The Bertz CT molecular complexity index is 308. The second kappa shape index (κ2) is 4.49. The molecule has 0 heterocycles. The second-order valence-electron chi connectivity index (χ2n) is 7.86. The molecule has 2 rings (SSSR count). The van der Waals surface area contributed by atoms with E-state index in [1.54, 1.807) is 0 Å². The summed E-state index contributed by atoms with van der Waals surface area (Å²) >= 11 is 0. The zero-order valence-corrected chi connectivity index (χ0v) is 12.5. The third-order valence-electron chi connectivity index (χ3n) is 6.18. The van der Waals surface area contributed by atoms with Crippen molar-refractivity contribution in [2.75, 3.05) is 6.61 Å². The molecule has 0 bridgehead atoms. The average molecular weight is 254 g/mol. The van der Waals surface area contributed by atoms with Gasteiger partial charge in [0.1, 0.15) is 0 Å². The molecule has 0 saturated heterocycles. The first kappa shape index (κ1) is 14.3. The molecule has 4 atom stereocenters. The van der Waals surface area contributed by atoms with Crippen LogP contribution in [0.4, 0.5) is 0 Å². The highest BCUT2D eigenvalue weighted by Crippen LogP contribution is 2.62. The predicted molar refractivity (Wildman–Crippen MR) is 74.3 cm³/mol. The van der Waals surface area contributed by atoms with Gasteiger partial charge in [-0.05, 0) is 61.7 Å². The number of hydrogen-bond donors (Lipinski definition) is 2. The standard InChI is InChI=1S/C16H30O2/c1-14(2)8-5-9-15(3)12(14)6-10-16(4,18)13(15)7-11-17/h12-13,17-18H,5-11H2,1-4H3. The highest BCUT2D eigenvalue weighted by atomic mass is 16.3. The lowest BCUT2D eigenvalue weighted by Gasteiger charge is -2.61. The van der Waals surface area contributed by atoms with Crippen molar-refractivity contribution in [2.24, 2.45) is 22.7 Å². The molecule has 18 heavy (non-hydrogen) atoms. The van der Waals surface area contributed by atoms with Crippen LogP contribution in [0.1, 0.15) is 66.2 Å². The lowest BCUT2D eigenvalue weighted by atomic mass is 9.45. The maximum Gasteiger partial charge on any atom is 0.0654 e. The van der Waals surface area contributed by atoms with E-state index >= 15 is 0 Å². The molecule has 0 aromatic carbocycles. The smallest absolute Gasteiger partial charge is 0.0654 e. The van der Waals surface area contributed by atoms with E-state index in [1.807, 2.05) is 6.92 Å². The number of hydrogen-bond acceptors (Lipinski definition) is 2. The van der Waals surface area contributed by atoms with Crippen LogP contribution < -0.4 is 0 Å². The van der Waals surface area contributed by atoms with Gasteiger partial charge >= 0.3 is 0 Å². The molecular weight excluding hydrogens is 224 g/mol. The Labute approximate surface area is 112 Å². The molecule has 0 aromatic heterocycles.